The van der Waals surface area contributed by atoms with E-state index in [1.807, 2.05) is 27.7 Å². The van der Waals surface area contributed by atoms with Crippen LogP contribution in [-0.4, -0.2) is 57.8 Å². The van der Waals surface area contributed by atoms with Crippen molar-refractivity contribution in [3.63, 3.8) is 0 Å². The molecule has 0 saturated carbocycles. The van der Waals surface area contributed by atoms with Crippen molar-refractivity contribution in [3.8, 4) is 22.9 Å². The van der Waals surface area contributed by atoms with Crippen molar-refractivity contribution in [2.24, 2.45) is 0 Å². The van der Waals surface area contributed by atoms with E-state index in [0.717, 1.165) is 0 Å². The van der Waals surface area contributed by atoms with Gasteiger partial charge in [-0.05, 0) is 74.9 Å². The monoisotopic (exact) mass is 528 g/mol. The average Bonchev–Trinajstić information content (AvgIpc) is 3.31. The SMILES string of the molecule is CCCC(C(=O)NC(C)(C)C)N(C(=O)Cn1nnc(-c2ccc(OC)c(OC)c2)n1)c1ccc(Cl)cc1. The molecule has 37 heavy (non-hydrogen) atoms. The highest BCUT2D eigenvalue weighted by Gasteiger charge is 2.33. The molecule has 0 radical (unpaired) electrons. The molecule has 11 heteroatoms. The number of aromatic nitrogens is 4. The molecule has 3 aromatic rings. The van der Waals surface area contributed by atoms with Crippen LogP contribution in [0, 0.1) is 0 Å². The fourth-order valence-corrected chi connectivity index (χ4v) is 3.93. The van der Waals surface area contributed by atoms with Crippen LogP contribution < -0.4 is 19.7 Å². The Bertz CT molecular complexity index is 1220. The molecule has 0 aliphatic rings. The fourth-order valence-electron chi connectivity index (χ4n) is 3.80. The van der Waals surface area contributed by atoms with Crippen LogP contribution in [0.2, 0.25) is 5.02 Å². The van der Waals surface area contributed by atoms with Gasteiger partial charge in [0.05, 0.1) is 14.2 Å². The molecule has 0 fully saturated rings. The Labute approximate surface area is 221 Å². The van der Waals surface area contributed by atoms with E-state index in [0.29, 0.717) is 46.4 Å². The van der Waals surface area contributed by atoms with Crippen LogP contribution in [0.15, 0.2) is 42.5 Å². The molecule has 0 aliphatic heterocycles. The second-order valence-corrected chi connectivity index (χ2v) is 9.93. The Morgan fingerprint density at radius 2 is 1.76 bits per heavy atom. The molecule has 0 spiro atoms. The first-order valence-electron chi connectivity index (χ1n) is 12.0. The molecule has 1 aromatic heterocycles. The standard InChI is InChI=1S/C26H33ClN6O4/c1-7-8-20(25(35)28-26(2,3)4)33(19-12-10-18(27)11-13-19)23(34)16-32-30-24(29-31-32)17-9-14-21(36-5)22(15-17)37-6/h9-15,20H,7-8,16H2,1-6H3,(H,28,35). The van der Waals surface area contributed by atoms with E-state index in [4.69, 9.17) is 21.1 Å². The normalized spacial score (nSPS) is 12.1. The van der Waals surface area contributed by atoms with Crippen molar-refractivity contribution < 1.29 is 19.1 Å². The van der Waals surface area contributed by atoms with E-state index in [9.17, 15) is 9.59 Å². The largest absolute Gasteiger partial charge is 0.493 e. The lowest BCUT2D eigenvalue weighted by Gasteiger charge is -2.33. The van der Waals surface area contributed by atoms with Crippen LogP contribution in [0.3, 0.4) is 0 Å². The molecule has 3 rings (SSSR count). The minimum absolute atomic E-state index is 0.216. The number of hydrogen-bond acceptors (Lipinski definition) is 7. The number of hydrogen-bond donors (Lipinski definition) is 1. The van der Waals surface area contributed by atoms with Crippen LogP contribution >= 0.6 is 11.6 Å². The van der Waals surface area contributed by atoms with E-state index in [1.165, 1.54) is 9.70 Å². The summed E-state index contributed by atoms with van der Waals surface area (Å²) in [6.45, 7) is 7.45. The Balaban J connectivity index is 1.92. The van der Waals surface area contributed by atoms with Gasteiger partial charge in [-0.2, -0.15) is 4.80 Å². The van der Waals surface area contributed by atoms with Crippen molar-refractivity contribution in [3.05, 3.63) is 47.5 Å². The number of halogens is 1. The van der Waals surface area contributed by atoms with E-state index in [-0.39, 0.29) is 18.4 Å². The highest BCUT2D eigenvalue weighted by atomic mass is 35.5. The summed E-state index contributed by atoms with van der Waals surface area (Å²) in [5.74, 6) is 0.815. The van der Waals surface area contributed by atoms with Crippen LogP contribution in [0.5, 0.6) is 11.5 Å². The van der Waals surface area contributed by atoms with Gasteiger partial charge < -0.3 is 14.8 Å². The van der Waals surface area contributed by atoms with Gasteiger partial charge in [0, 0.05) is 21.8 Å². The Morgan fingerprint density at radius 1 is 1.08 bits per heavy atom. The number of nitrogens with zero attached hydrogens (tertiary/aromatic N) is 5. The molecule has 1 atom stereocenters. The lowest BCUT2D eigenvalue weighted by molar-refractivity contribution is -0.128. The van der Waals surface area contributed by atoms with Gasteiger partial charge in [0.1, 0.15) is 12.6 Å². The lowest BCUT2D eigenvalue weighted by atomic mass is 10.0. The molecule has 0 bridgehead atoms. The Morgan fingerprint density at radius 3 is 2.35 bits per heavy atom. The van der Waals surface area contributed by atoms with Gasteiger partial charge >= 0.3 is 0 Å². The van der Waals surface area contributed by atoms with Crippen molar-refractivity contribution in [1.82, 2.24) is 25.5 Å². The third-order valence-corrected chi connectivity index (χ3v) is 5.67. The first-order chi connectivity index (χ1) is 17.6. The second kappa shape index (κ2) is 12.1. The third-order valence-electron chi connectivity index (χ3n) is 5.42. The van der Waals surface area contributed by atoms with Crippen molar-refractivity contribution in [2.75, 3.05) is 19.1 Å². The van der Waals surface area contributed by atoms with Crippen molar-refractivity contribution in [1.29, 1.82) is 0 Å². The smallest absolute Gasteiger partial charge is 0.251 e. The van der Waals surface area contributed by atoms with E-state index in [1.54, 1.807) is 56.7 Å². The van der Waals surface area contributed by atoms with E-state index in [2.05, 4.69) is 20.7 Å². The highest BCUT2D eigenvalue weighted by Crippen LogP contribution is 2.31. The molecule has 10 nitrogen and oxygen atoms in total. The number of ether oxygens (including phenoxy) is 2. The summed E-state index contributed by atoms with van der Waals surface area (Å²) in [6, 6.07) is 11.3. The summed E-state index contributed by atoms with van der Waals surface area (Å²) in [5.41, 5.74) is 0.746. The van der Waals surface area contributed by atoms with Gasteiger partial charge in [-0.1, -0.05) is 24.9 Å². The van der Waals surface area contributed by atoms with Crippen LogP contribution in [0.4, 0.5) is 5.69 Å². The van der Waals surface area contributed by atoms with Crippen molar-refractivity contribution >= 4 is 29.1 Å². The molecule has 2 aromatic carbocycles. The van der Waals surface area contributed by atoms with Gasteiger partial charge in [-0.3, -0.25) is 14.5 Å². The minimum Gasteiger partial charge on any atom is -0.493 e. The molecule has 0 saturated heterocycles. The molecule has 1 unspecified atom stereocenters. The number of methoxy groups -OCH3 is 2. The molecule has 0 aliphatic carbocycles. The van der Waals surface area contributed by atoms with Gasteiger partial charge in [0.2, 0.25) is 11.7 Å². The number of carbonyl (C=O) groups excluding carboxylic acids is 2. The quantitative estimate of drug-likeness (QED) is 0.421. The highest BCUT2D eigenvalue weighted by molar-refractivity contribution is 6.30. The maximum absolute atomic E-state index is 13.7. The van der Waals surface area contributed by atoms with Gasteiger partial charge in [-0.15, -0.1) is 10.2 Å². The summed E-state index contributed by atoms with van der Waals surface area (Å²) in [5, 5.41) is 16.1. The predicted octanol–water partition coefficient (Wildman–Crippen LogP) is 4.13. The summed E-state index contributed by atoms with van der Waals surface area (Å²) >= 11 is 6.09. The molecule has 1 N–H and O–H groups in total. The Hall–Kier alpha value is -3.66. The molecule has 198 valence electrons. The average molecular weight is 529 g/mol. The first kappa shape index (κ1) is 27.9. The maximum Gasteiger partial charge on any atom is 0.251 e. The summed E-state index contributed by atoms with van der Waals surface area (Å²) in [7, 11) is 3.09. The topological polar surface area (TPSA) is 111 Å². The predicted molar refractivity (Wildman–Crippen MR) is 142 cm³/mol. The van der Waals surface area contributed by atoms with Gasteiger partial charge in [-0.25, -0.2) is 0 Å². The number of tetrazole rings is 1. The van der Waals surface area contributed by atoms with Crippen LogP contribution in [0.25, 0.3) is 11.4 Å². The zero-order valence-electron chi connectivity index (χ0n) is 22.0. The first-order valence-corrected chi connectivity index (χ1v) is 12.3. The Kier molecular flexibility index (Phi) is 9.09. The summed E-state index contributed by atoms with van der Waals surface area (Å²) < 4.78 is 10.6. The number of rotatable bonds is 10. The van der Waals surface area contributed by atoms with E-state index < -0.39 is 11.6 Å². The number of amides is 2. The molecule has 1 heterocycles. The zero-order valence-corrected chi connectivity index (χ0v) is 22.7. The summed E-state index contributed by atoms with van der Waals surface area (Å²) in [6.07, 6.45) is 1.17. The van der Waals surface area contributed by atoms with Crippen LogP contribution in [-0.2, 0) is 16.1 Å². The number of anilines is 1. The minimum atomic E-state index is -0.730. The van der Waals surface area contributed by atoms with Gasteiger partial charge in [0.15, 0.2) is 11.5 Å². The lowest BCUT2D eigenvalue weighted by Crippen LogP contribution is -2.54. The molecular weight excluding hydrogens is 496 g/mol. The fraction of sp³-hybridized carbons (Fsp3) is 0.423. The van der Waals surface area contributed by atoms with E-state index >= 15 is 0 Å². The number of benzene rings is 2. The second-order valence-electron chi connectivity index (χ2n) is 9.50. The van der Waals surface area contributed by atoms with Crippen molar-refractivity contribution in [2.45, 2.75) is 58.7 Å². The third kappa shape index (κ3) is 7.19. The number of carbonyl (C=O) groups is 2. The summed E-state index contributed by atoms with van der Waals surface area (Å²) in [4.78, 5) is 29.6. The van der Waals surface area contributed by atoms with Crippen LogP contribution in [0.1, 0.15) is 40.5 Å². The molecular formula is C26H33ClN6O4. The molecule has 2 amide bonds. The maximum atomic E-state index is 13.7. The van der Waals surface area contributed by atoms with Gasteiger partial charge in [0.25, 0.3) is 5.91 Å². The zero-order chi connectivity index (χ0) is 27.2. The number of nitrogens with one attached hydrogen (secondary N) is 1.